The van der Waals surface area contributed by atoms with E-state index in [9.17, 15) is 5.11 Å². The van der Waals surface area contributed by atoms with E-state index in [0.717, 1.165) is 24.1 Å². The fourth-order valence-corrected chi connectivity index (χ4v) is 1.98. The van der Waals surface area contributed by atoms with E-state index < -0.39 is 5.60 Å². The van der Waals surface area contributed by atoms with Gasteiger partial charge in [0.15, 0.2) is 0 Å². The lowest BCUT2D eigenvalue weighted by Crippen LogP contribution is -2.24. The smallest absolute Gasteiger partial charge is 0.0897 e. The molecule has 15 heavy (non-hydrogen) atoms. The minimum absolute atomic E-state index is 0.454. The third-order valence-corrected chi connectivity index (χ3v) is 3.32. The number of hydrogen-bond donors (Lipinski definition) is 1. The maximum absolute atomic E-state index is 10.4. The fraction of sp³-hybridized carbons (Fsp3) is 0.538. The Kier molecular flexibility index (Phi) is 2.47. The van der Waals surface area contributed by atoms with Crippen LogP contribution >= 0.6 is 0 Å². The molecule has 1 aliphatic carbocycles. The Hall–Kier alpha value is -1.02. The van der Waals surface area contributed by atoms with E-state index in [0.29, 0.717) is 5.92 Å². The van der Waals surface area contributed by atoms with Crippen LogP contribution in [-0.4, -0.2) is 19.2 Å². The van der Waals surface area contributed by atoms with E-state index in [1.807, 2.05) is 33.2 Å². The first-order chi connectivity index (χ1) is 7.01. The average Bonchev–Trinajstić information content (AvgIpc) is 3.01. The van der Waals surface area contributed by atoms with Crippen molar-refractivity contribution >= 4 is 5.69 Å². The molecule has 2 rings (SSSR count). The number of rotatable bonds is 3. The molecule has 0 radical (unpaired) electrons. The maximum Gasteiger partial charge on any atom is 0.0897 e. The molecule has 1 aromatic carbocycles. The van der Waals surface area contributed by atoms with Gasteiger partial charge in [-0.25, -0.2) is 0 Å². The summed E-state index contributed by atoms with van der Waals surface area (Å²) >= 11 is 0. The second kappa shape index (κ2) is 3.53. The number of aliphatic hydroxyl groups is 1. The topological polar surface area (TPSA) is 23.5 Å². The second-order valence-corrected chi connectivity index (χ2v) is 4.87. The summed E-state index contributed by atoms with van der Waals surface area (Å²) in [5.41, 5.74) is 1.54. The predicted octanol–water partition coefficient (Wildman–Crippen LogP) is 2.37. The van der Waals surface area contributed by atoms with Crippen molar-refractivity contribution < 1.29 is 5.11 Å². The van der Waals surface area contributed by atoms with Crippen molar-refractivity contribution in [2.75, 3.05) is 19.0 Å². The summed E-state index contributed by atoms with van der Waals surface area (Å²) < 4.78 is 0. The molecule has 0 spiro atoms. The van der Waals surface area contributed by atoms with Gasteiger partial charge < -0.3 is 10.0 Å². The lowest BCUT2D eigenvalue weighted by molar-refractivity contribution is 0.0331. The van der Waals surface area contributed by atoms with Gasteiger partial charge in [0.2, 0.25) is 0 Å². The molecule has 0 amide bonds. The van der Waals surface area contributed by atoms with Crippen molar-refractivity contribution in [3.63, 3.8) is 0 Å². The van der Waals surface area contributed by atoms with Gasteiger partial charge in [-0.15, -0.1) is 0 Å². The minimum atomic E-state index is -0.647. The molecule has 1 saturated carbocycles. The summed E-state index contributed by atoms with van der Waals surface area (Å²) in [6.45, 7) is 1.93. The average molecular weight is 205 g/mol. The highest BCUT2D eigenvalue weighted by Gasteiger charge is 2.41. The van der Waals surface area contributed by atoms with Crippen LogP contribution in [-0.2, 0) is 5.60 Å². The molecule has 1 N–H and O–H groups in total. The standard InChI is InChI=1S/C13H19NO/c1-13(15,10-7-8-10)11-5-4-6-12(9-11)14(2)3/h4-6,9-10,15H,7-8H2,1-3H3/t13-/m0/s1. The predicted molar refractivity (Wildman–Crippen MR) is 63.1 cm³/mol. The van der Waals surface area contributed by atoms with Crippen molar-refractivity contribution in [1.82, 2.24) is 0 Å². The molecule has 1 aliphatic rings. The first kappa shape index (κ1) is 10.5. The van der Waals surface area contributed by atoms with Crippen molar-refractivity contribution in [2.45, 2.75) is 25.4 Å². The lowest BCUT2D eigenvalue weighted by atomic mass is 9.90. The summed E-state index contributed by atoms with van der Waals surface area (Å²) in [7, 11) is 4.04. The number of nitrogens with zero attached hydrogens (tertiary/aromatic N) is 1. The largest absolute Gasteiger partial charge is 0.385 e. The van der Waals surface area contributed by atoms with Crippen molar-refractivity contribution in [2.24, 2.45) is 5.92 Å². The van der Waals surface area contributed by atoms with Gasteiger partial charge in [-0.05, 0) is 43.4 Å². The fourth-order valence-electron chi connectivity index (χ4n) is 1.98. The molecule has 0 saturated heterocycles. The quantitative estimate of drug-likeness (QED) is 0.819. The monoisotopic (exact) mass is 205 g/mol. The van der Waals surface area contributed by atoms with Gasteiger partial charge in [0.05, 0.1) is 5.60 Å². The van der Waals surface area contributed by atoms with Crippen LogP contribution in [0, 0.1) is 5.92 Å². The Labute approximate surface area is 91.5 Å². The molecule has 82 valence electrons. The third-order valence-electron chi connectivity index (χ3n) is 3.32. The van der Waals surface area contributed by atoms with Crippen LogP contribution in [0.2, 0.25) is 0 Å². The van der Waals surface area contributed by atoms with E-state index in [2.05, 4.69) is 17.0 Å². The minimum Gasteiger partial charge on any atom is -0.385 e. The van der Waals surface area contributed by atoms with Crippen LogP contribution in [0.15, 0.2) is 24.3 Å². The Morgan fingerprint density at radius 3 is 2.53 bits per heavy atom. The van der Waals surface area contributed by atoms with E-state index in [1.165, 1.54) is 0 Å². The van der Waals surface area contributed by atoms with Crippen molar-refractivity contribution in [3.05, 3.63) is 29.8 Å². The van der Waals surface area contributed by atoms with Crippen LogP contribution in [0.5, 0.6) is 0 Å². The third kappa shape index (κ3) is 2.00. The first-order valence-corrected chi connectivity index (χ1v) is 5.52. The first-order valence-electron chi connectivity index (χ1n) is 5.52. The van der Waals surface area contributed by atoms with E-state index >= 15 is 0 Å². The summed E-state index contributed by atoms with van der Waals surface area (Å²) in [4.78, 5) is 2.06. The number of anilines is 1. The van der Waals surface area contributed by atoms with E-state index in [-0.39, 0.29) is 0 Å². The van der Waals surface area contributed by atoms with Gasteiger partial charge in [-0.3, -0.25) is 0 Å². The van der Waals surface area contributed by atoms with Crippen LogP contribution in [0.3, 0.4) is 0 Å². The molecule has 1 aromatic rings. The summed E-state index contributed by atoms with van der Waals surface area (Å²) in [5.74, 6) is 0.454. The molecule has 2 nitrogen and oxygen atoms in total. The molecule has 0 aromatic heterocycles. The van der Waals surface area contributed by atoms with Gasteiger partial charge in [0.1, 0.15) is 0 Å². The highest BCUT2D eigenvalue weighted by atomic mass is 16.3. The van der Waals surface area contributed by atoms with Crippen LogP contribution < -0.4 is 4.90 Å². The van der Waals surface area contributed by atoms with Crippen molar-refractivity contribution in [3.8, 4) is 0 Å². The number of benzene rings is 1. The van der Waals surface area contributed by atoms with Crippen LogP contribution in [0.25, 0.3) is 0 Å². The molecule has 0 bridgehead atoms. The highest BCUT2D eigenvalue weighted by molar-refractivity contribution is 5.48. The molecule has 1 atom stereocenters. The Balaban J connectivity index is 2.31. The van der Waals surface area contributed by atoms with E-state index in [4.69, 9.17) is 0 Å². The van der Waals surface area contributed by atoms with E-state index in [1.54, 1.807) is 0 Å². The molecule has 1 fully saturated rings. The maximum atomic E-state index is 10.4. The van der Waals surface area contributed by atoms with Gasteiger partial charge >= 0.3 is 0 Å². The molecule has 0 aliphatic heterocycles. The molecule has 2 heteroatoms. The lowest BCUT2D eigenvalue weighted by Gasteiger charge is -2.25. The summed E-state index contributed by atoms with van der Waals surface area (Å²) in [5, 5.41) is 10.4. The van der Waals surface area contributed by atoms with Crippen molar-refractivity contribution in [1.29, 1.82) is 0 Å². The Morgan fingerprint density at radius 2 is 2.00 bits per heavy atom. The molecule has 0 unspecified atom stereocenters. The number of hydrogen-bond acceptors (Lipinski definition) is 2. The Bertz CT molecular complexity index is 353. The van der Waals surface area contributed by atoms with Crippen LogP contribution in [0.1, 0.15) is 25.3 Å². The zero-order valence-electron chi connectivity index (χ0n) is 9.70. The molecular weight excluding hydrogens is 186 g/mol. The molecular formula is C13H19NO. The zero-order valence-corrected chi connectivity index (χ0v) is 9.70. The highest BCUT2D eigenvalue weighted by Crippen LogP contribution is 2.45. The second-order valence-electron chi connectivity index (χ2n) is 4.87. The van der Waals surface area contributed by atoms with Gasteiger partial charge in [-0.2, -0.15) is 0 Å². The summed E-state index contributed by atoms with van der Waals surface area (Å²) in [6.07, 6.45) is 2.30. The Morgan fingerprint density at radius 1 is 1.33 bits per heavy atom. The normalized spacial score (nSPS) is 19.7. The van der Waals surface area contributed by atoms with Gasteiger partial charge in [0.25, 0.3) is 0 Å². The van der Waals surface area contributed by atoms with Gasteiger partial charge in [-0.1, -0.05) is 12.1 Å². The van der Waals surface area contributed by atoms with Crippen LogP contribution in [0.4, 0.5) is 5.69 Å². The zero-order chi connectivity index (χ0) is 11.1. The van der Waals surface area contributed by atoms with Gasteiger partial charge in [0, 0.05) is 19.8 Å². The SMILES string of the molecule is CN(C)c1cccc([C@@](C)(O)C2CC2)c1. The summed E-state index contributed by atoms with van der Waals surface area (Å²) in [6, 6.07) is 8.18. The molecule has 0 heterocycles.